The van der Waals surface area contributed by atoms with Crippen LogP contribution < -0.4 is 10.1 Å². The minimum absolute atomic E-state index is 0.319. The van der Waals surface area contributed by atoms with Crippen molar-refractivity contribution in [1.29, 1.82) is 0 Å². The van der Waals surface area contributed by atoms with Gasteiger partial charge >= 0.3 is 0 Å². The molecule has 98 valence electrons. The van der Waals surface area contributed by atoms with Crippen LogP contribution in [0.25, 0.3) is 0 Å². The molecule has 1 N–H and O–H groups in total. The fourth-order valence-corrected chi connectivity index (χ4v) is 1.77. The van der Waals surface area contributed by atoms with Crippen molar-refractivity contribution in [2.24, 2.45) is 7.05 Å². The molecule has 0 aliphatic carbocycles. The van der Waals surface area contributed by atoms with Crippen LogP contribution in [0.4, 0.5) is 0 Å². The Hall–Kier alpha value is -1.07. The molecule has 1 aromatic rings. The van der Waals surface area contributed by atoms with Crippen LogP contribution in [0.1, 0.15) is 25.1 Å². The Morgan fingerprint density at radius 1 is 1.47 bits per heavy atom. The predicted molar refractivity (Wildman–Crippen MR) is 67.3 cm³/mol. The zero-order chi connectivity index (χ0) is 12.8. The number of nitrogens with one attached hydrogen (secondary N) is 1. The standard InChI is InChI=1S/C12H23N3O2/c1-6-17-8-9(2)13-7-11-10(3)14-15(4)12(11)16-5/h9,13H,6-8H2,1-5H3. The molecule has 0 amide bonds. The molecule has 17 heavy (non-hydrogen) atoms. The van der Waals surface area contributed by atoms with E-state index in [1.807, 2.05) is 20.9 Å². The van der Waals surface area contributed by atoms with Crippen LogP contribution in [0.3, 0.4) is 0 Å². The molecule has 5 heteroatoms. The third-order valence-electron chi connectivity index (χ3n) is 2.68. The summed E-state index contributed by atoms with van der Waals surface area (Å²) in [7, 11) is 3.56. The topological polar surface area (TPSA) is 48.3 Å². The molecule has 0 fully saturated rings. The molecule has 1 unspecified atom stereocenters. The maximum atomic E-state index is 5.36. The first-order valence-electron chi connectivity index (χ1n) is 5.97. The number of aryl methyl sites for hydroxylation is 2. The summed E-state index contributed by atoms with van der Waals surface area (Å²) < 4.78 is 12.5. The Kier molecular flexibility index (Phi) is 5.44. The third-order valence-corrected chi connectivity index (χ3v) is 2.68. The highest BCUT2D eigenvalue weighted by Gasteiger charge is 2.14. The monoisotopic (exact) mass is 241 g/mol. The molecular weight excluding hydrogens is 218 g/mol. The number of aromatic nitrogens is 2. The average Bonchev–Trinajstić information content (AvgIpc) is 2.57. The van der Waals surface area contributed by atoms with Gasteiger partial charge in [0.1, 0.15) is 0 Å². The van der Waals surface area contributed by atoms with Crippen LogP contribution >= 0.6 is 0 Å². The molecule has 1 aromatic heterocycles. The van der Waals surface area contributed by atoms with E-state index in [4.69, 9.17) is 9.47 Å². The summed E-state index contributed by atoms with van der Waals surface area (Å²) in [5.41, 5.74) is 2.11. The third kappa shape index (κ3) is 3.71. The number of rotatable bonds is 7. The van der Waals surface area contributed by atoms with Gasteiger partial charge in [-0.05, 0) is 20.8 Å². The quantitative estimate of drug-likeness (QED) is 0.780. The molecular formula is C12H23N3O2. The minimum Gasteiger partial charge on any atom is -0.481 e. The van der Waals surface area contributed by atoms with Gasteiger partial charge in [0, 0.05) is 26.2 Å². The molecule has 5 nitrogen and oxygen atoms in total. The Morgan fingerprint density at radius 2 is 2.18 bits per heavy atom. The summed E-state index contributed by atoms with van der Waals surface area (Å²) >= 11 is 0. The molecule has 0 bridgehead atoms. The number of methoxy groups -OCH3 is 1. The first-order valence-corrected chi connectivity index (χ1v) is 5.97. The normalized spacial score (nSPS) is 12.8. The predicted octanol–water partition coefficient (Wildman–Crippen LogP) is 1.25. The van der Waals surface area contributed by atoms with E-state index >= 15 is 0 Å². The van der Waals surface area contributed by atoms with Crippen molar-refractivity contribution in [3.63, 3.8) is 0 Å². The Balaban J connectivity index is 2.56. The lowest BCUT2D eigenvalue weighted by Crippen LogP contribution is -2.30. The van der Waals surface area contributed by atoms with Crippen molar-refractivity contribution in [1.82, 2.24) is 15.1 Å². The second-order valence-corrected chi connectivity index (χ2v) is 4.14. The number of hydrogen-bond acceptors (Lipinski definition) is 4. The summed E-state index contributed by atoms with van der Waals surface area (Å²) in [6, 6.07) is 0.319. The molecule has 0 saturated carbocycles. The first kappa shape index (κ1) is 14.0. The fraction of sp³-hybridized carbons (Fsp3) is 0.750. The van der Waals surface area contributed by atoms with Gasteiger partial charge in [0.05, 0.1) is 25.0 Å². The van der Waals surface area contributed by atoms with Crippen LogP contribution in [0.2, 0.25) is 0 Å². The first-order chi connectivity index (χ1) is 8.10. The molecule has 1 rings (SSSR count). The summed E-state index contributed by atoms with van der Waals surface area (Å²) in [5, 5.41) is 7.75. The van der Waals surface area contributed by atoms with Gasteiger partial charge < -0.3 is 14.8 Å². The Bertz CT molecular complexity index is 350. The van der Waals surface area contributed by atoms with Gasteiger partial charge in [0.2, 0.25) is 5.88 Å². The Morgan fingerprint density at radius 3 is 2.76 bits per heavy atom. The van der Waals surface area contributed by atoms with E-state index in [2.05, 4.69) is 17.3 Å². The van der Waals surface area contributed by atoms with E-state index in [1.54, 1.807) is 11.8 Å². The zero-order valence-corrected chi connectivity index (χ0v) is 11.4. The van der Waals surface area contributed by atoms with Crippen molar-refractivity contribution in [3.8, 4) is 5.88 Å². The molecule has 0 aromatic carbocycles. The fourth-order valence-electron chi connectivity index (χ4n) is 1.77. The van der Waals surface area contributed by atoms with E-state index < -0.39 is 0 Å². The van der Waals surface area contributed by atoms with Gasteiger partial charge in [-0.25, -0.2) is 4.68 Å². The molecule has 1 heterocycles. The van der Waals surface area contributed by atoms with Gasteiger partial charge in [-0.1, -0.05) is 0 Å². The Labute approximate surface area is 103 Å². The molecule has 0 aliphatic heterocycles. The molecule has 1 atom stereocenters. The van der Waals surface area contributed by atoms with E-state index in [0.717, 1.165) is 36.9 Å². The lowest BCUT2D eigenvalue weighted by molar-refractivity contribution is 0.127. The smallest absolute Gasteiger partial charge is 0.216 e. The van der Waals surface area contributed by atoms with Gasteiger partial charge in [-0.3, -0.25) is 0 Å². The second-order valence-electron chi connectivity index (χ2n) is 4.14. The highest BCUT2D eigenvalue weighted by atomic mass is 16.5. The number of nitrogens with zero attached hydrogens (tertiary/aromatic N) is 2. The van der Waals surface area contributed by atoms with Crippen LogP contribution in [-0.4, -0.2) is 36.1 Å². The summed E-state index contributed by atoms with van der Waals surface area (Å²) in [6.45, 7) is 8.32. The van der Waals surface area contributed by atoms with Crippen molar-refractivity contribution < 1.29 is 9.47 Å². The van der Waals surface area contributed by atoms with Gasteiger partial charge in [-0.2, -0.15) is 5.10 Å². The molecule has 0 radical (unpaired) electrons. The maximum Gasteiger partial charge on any atom is 0.216 e. The van der Waals surface area contributed by atoms with Crippen LogP contribution in [-0.2, 0) is 18.3 Å². The SMILES string of the molecule is CCOCC(C)NCc1c(C)nn(C)c1OC. The molecule has 0 aliphatic rings. The van der Waals surface area contributed by atoms with Crippen molar-refractivity contribution >= 4 is 0 Å². The van der Waals surface area contributed by atoms with Crippen LogP contribution in [0, 0.1) is 6.92 Å². The van der Waals surface area contributed by atoms with E-state index in [9.17, 15) is 0 Å². The highest BCUT2D eigenvalue weighted by Crippen LogP contribution is 2.20. The van der Waals surface area contributed by atoms with E-state index in [-0.39, 0.29) is 0 Å². The minimum atomic E-state index is 0.319. The van der Waals surface area contributed by atoms with Crippen molar-refractivity contribution in [3.05, 3.63) is 11.3 Å². The number of ether oxygens (including phenoxy) is 2. The second kappa shape index (κ2) is 6.61. The molecule has 0 spiro atoms. The maximum absolute atomic E-state index is 5.36. The highest BCUT2D eigenvalue weighted by molar-refractivity contribution is 5.30. The summed E-state index contributed by atoms with van der Waals surface area (Å²) in [6.07, 6.45) is 0. The largest absolute Gasteiger partial charge is 0.481 e. The summed E-state index contributed by atoms with van der Waals surface area (Å²) in [5.74, 6) is 0.818. The van der Waals surface area contributed by atoms with Crippen molar-refractivity contribution in [2.45, 2.75) is 33.4 Å². The van der Waals surface area contributed by atoms with E-state index in [1.165, 1.54) is 0 Å². The lowest BCUT2D eigenvalue weighted by Gasteiger charge is -2.13. The average molecular weight is 241 g/mol. The number of hydrogen-bond donors (Lipinski definition) is 1. The van der Waals surface area contributed by atoms with Gasteiger partial charge in [0.25, 0.3) is 0 Å². The van der Waals surface area contributed by atoms with E-state index in [0.29, 0.717) is 6.04 Å². The zero-order valence-electron chi connectivity index (χ0n) is 11.4. The van der Waals surface area contributed by atoms with Gasteiger partial charge in [0.15, 0.2) is 0 Å². The lowest BCUT2D eigenvalue weighted by atomic mass is 10.2. The summed E-state index contributed by atoms with van der Waals surface area (Å²) in [4.78, 5) is 0. The van der Waals surface area contributed by atoms with Gasteiger partial charge in [-0.15, -0.1) is 0 Å². The van der Waals surface area contributed by atoms with Crippen LogP contribution in [0.5, 0.6) is 5.88 Å². The van der Waals surface area contributed by atoms with Crippen LogP contribution in [0.15, 0.2) is 0 Å². The molecule has 0 saturated heterocycles. The van der Waals surface area contributed by atoms with Crippen molar-refractivity contribution in [2.75, 3.05) is 20.3 Å².